The second kappa shape index (κ2) is 5.85. The third-order valence-electron chi connectivity index (χ3n) is 1.55. The number of carbonyl (C=O) groups excluding carboxylic acids is 5. The van der Waals surface area contributed by atoms with Gasteiger partial charge in [0.2, 0.25) is 0 Å². The van der Waals surface area contributed by atoms with E-state index in [4.69, 9.17) is 0 Å². The molecule has 0 atom stereocenters. The van der Waals surface area contributed by atoms with E-state index in [1.165, 1.54) is 0 Å². The number of rotatable bonds is 10. The molecule has 0 unspecified atom stereocenters. The minimum atomic E-state index is -5.45. The van der Waals surface area contributed by atoms with E-state index in [1.807, 2.05) is 0 Å². The van der Waals surface area contributed by atoms with E-state index < -0.39 is 17.1 Å². The van der Waals surface area contributed by atoms with Gasteiger partial charge in [-0.15, -0.1) is 0 Å². The van der Waals surface area contributed by atoms with Crippen LogP contribution in [0.3, 0.4) is 0 Å². The van der Waals surface area contributed by atoms with Gasteiger partial charge in [0, 0.05) is 0 Å². The van der Waals surface area contributed by atoms with Gasteiger partial charge in [-0.3, -0.25) is 0 Å². The molecule has 0 aromatic heterocycles. The molecule has 0 saturated heterocycles. The van der Waals surface area contributed by atoms with Gasteiger partial charge in [0.1, 0.15) is 0 Å². The molecule has 0 spiro atoms. The summed E-state index contributed by atoms with van der Waals surface area (Å²) < 4.78 is 10.4. The summed E-state index contributed by atoms with van der Waals surface area (Å²) in [5, 5.41) is 0. The summed E-state index contributed by atoms with van der Waals surface area (Å²) in [6.45, 7) is 0. The van der Waals surface area contributed by atoms with Gasteiger partial charge < -0.3 is 0 Å². The normalized spacial score (nSPS) is 11.9. The zero-order valence-electron chi connectivity index (χ0n) is 7.88. The van der Waals surface area contributed by atoms with Crippen molar-refractivity contribution >= 4 is 32.1 Å². The fourth-order valence-electron chi connectivity index (χ4n) is 0.900. The molecule has 0 saturated carbocycles. The van der Waals surface area contributed by atoms with E-state index in [0.717, 1.165) is 0 Å². The van der Waals surface area contributed by atoms with Crippen molar-refractivity contribution < 1.29 is 41.1 Å². The molecule has 0 aromatic carbocycles. The van der Waals surface area contributed by atoms with Gasteiger partial charge in [-0.1, -0.05) is 0 Å². The van der Waals surface area contributed by atoms with Gasteiger partial charge in [-0.05, 0) is 0 Å². The predicted octanol–water partition coefficient (Wildman–Crippen LogP) is -4.02. The number of hydrogen-bond donors (Lipinski definition) is 5. The van der Waals surface area contributed by atoms with Crippen LogP contribution in [0.5, 0.6) is 0 Å². The Bertz CT molecular complexity index is 234. The molecule has 0 aliphatic heterocycles. The fourth-order valence-corrected chi connectivity index (χ4v) is 7.36. The molecule has 5 N–H and O–H groups in total. The molecule has 10 nitrogen and oxygen atoms in total. The fraction of sp³-hybridized carbons (Fsp3) is 0. The molecule has 5 amide bonds. The Hall–Kier alpha value is -1.91. The van der Waals surface area contributed by atoms with Crippen LogP contribution in [0.1, 0.15) is 0 Å². The Labute approximate surface area is 92.0 Å². The van der Waals surface area contributed by atoms with Crippen molar-refractivity contribution in [3.05, 3.63) is 0 Å². The molecule has 0 rings (SSSR count). The van der Waals surface area contributed by atoms with Gasteiger partial charge >= 0.3 is 91.7 Å². The first kappa shape index (κ1) is 14.1. The minimum absolute atomic E-state index is 0.132. The first-order chi connectivity index (χ1) is 7.62. The van der Waals surface area contributed by atoms with Crippen molar-refractivity contribution in [1.82, 2.24) is 18.6 Å². The van der Waals surface area contributed by atoms with E-state index in [1.54, 1.807) is 0 Å². The van der Waals surface area contributed by atoms with Gasteiger partial charge in [0.25, 0.3) is 0 Å². The van der Waals surface area contributed by atoms with E-state index in [-0.39, 0.29) is 32.1 Å². The summed E-state index contributed by atoms with van der Waals surface area (Å²) in [6, 6.07) is 0. The van der Waals surface area contributed by atoms with E-state index >= 15 is 0 Å². The maximum absolute atomic E-state index is 10.4. The molecule has 0 radical (unpaired) electrons. The second-order valence-electron chi connectivity index (χ2n) is 2.35. The van der Waals surface area contributed by atoms with E-state index in [0.29, 0.717) is 0 Å². The molecule has 11 heteroatoms. The molecular formula is C5H10N5O5Ta. The first-order valence-electron chi connectivity index (χ1n) is 3.74. The Kier molecular flexibility index (Phi) is 5.15. The van der Waals surface area contributed by atoms with Crippen LogP contribution < -0.4 is 18.6 Å². The average molecular weight is 401 g/mol. The summed E-state index contributed by atoms with van der Waals surface area (Å²) in [5.74, 6) is 0. The molecular weight excluding hydrogens is 391 g/mol. The Morgan fingerprint density at radius 1 is 0.500 bits per heavy atom. The summed E-state index contributed by atoms with van der Waals surface area (Å²) in [7, 11) is 0. The molecule has 90 valence electrons. The number of amides is 5. The zero-order valence-corrected chi connectivity index (χ0v) is 11.1. The van der Waals surface area contributed by atoms with E-state index in [2.05, 4.69) is 18.6 Å². The number of nitrogens with one attached hydrogen (secondary N) is 5. The summed E-state index contributed by atoms with van der Waals surface area (Å²) >= 11 is -5.45. The maximum atomic E-state index is 10.4. The van der Waals surface area contributed by atoms with Crippen LogP contribution >= 0.6 is 0 Å². The third-order valence-corrected chi connectivity index (χ3v) is 12.7. The second-order valence-corrected chi connectivity index (χ2v) is 15.0. The van der Waals surface area contributed by atoms with Gasteiger partial charge in [0.15, 0.2) is 0 Å². The number of carbonyl (C=O) groups is 5. The standard InChI is InChI=1S/5CH3NO.Ta/c5*2-1-3;/h5*1H,(H2,2,3);/q;;;;;+5/p-5. The average Bonchev–Trinajstić information content (AvgIpc) is 2.19. The van der Waals surface area contributed by atoms with Crippen molar-refractivity contribution in [2.45, 2.75) is 0 Å². The van der Waals surface area contributed by atoms with Crippen molar-refractivity contribution in [2.24, 2.45) is 0 Å². The molecule has 0 aliphatic rings. The van der Waals surface area contributed by atoms with Crippen LogP contribution in [0, 0.1) is 0 Å². The van der Waals surface area contributed by atoms with E-state index in [9.17, 15) is 24.0 Å². The zero-order chi connectivity index (χ0) is 12.5. The van der Waals surface area contributed by atoms with Crippen LogP contribution in [0.25, 0.3) is 0 Å². The van der Waals surface area contributed by atoms with Gasteiger partial charge in [-0.25, -0.2) is 0 Å². The molecule has 0 heterocycles. The van der Waals surface area contributed by atoms with Crippen LogP contribution in [0.2, 0.25) is 0 Å². The number of hydrogen-bond acceptors (Lipinski definition) is 5. The summed E-state index contributed by atoms with van der Waals surface area (Å²) in [6.07, 6.45) is 0.660. The van der Waals surface area contributed by atoms with Crippen molar-refractivity contribution in [1.29, 1.82) is 0 Å². The summed E-state index contributed by atoms with van der Waals surface area (Å²) in [4.78, 5) is 52.2. The first-order valence-corrected chi connectivity index (χ1v) is 11.8. The van der Waals surface area contributed by atoms with Crippen LogP contribution in [0.4, 0.5) is 0 Å². The third kappa shape index (κ3) is 2.79. The van der Waals surface area contributed by atoms with Crippen molar-refractivity contribution in [3.63, 3.8) is 0 Å². The SMILES string of the molecule is O=C[NH][Ta]([NH]C=O)([NH]C=O)([NH]C=O)[NH]C=O. The molecule has 0 aromatic rings. The monoisotopic (exact) mass is 401 g/mol. The van der Waals surface area contributed by atoms with Gasteiger partial charge in [-0.2, -0.15) is 0 Å². The molecule has 0 bridgehead atoms. The quantitative estimate of drug-likeness (QED) is 0.237. The van der Waals surface area contributed by atoms with Crippen LogP contribution in [0.15, 0.2) is 0 Å². The van der Waals surface area contributed by atoms with Gasteiger partial charge in [0.05, 0.1) is 0 Å². The van der Waals surface area contributed by atoms with Crippen LogP contribution in [-0.2, 0) is 41.1 Å². The summed E-state index contributed by atoms with van der Waals surface area (Å²) in [5.41, 5.74) is 0. The predicted molar refractivity (Wildman–Crippen MR) is 46.0 cm³/mol. The topological polar surface area (TPSA) is 146 Å². The van der Waals surface area contributed by atoms with Crippen LogP contribution in [-0.4, -0.2) is 32.1 Å². The van der Waals surface area contributed by atoms with Crippen molar-refractivity contribution in [3.8, 4) is 0 Å². The molecule has 0 fully saturated rings. The van der Waals surface area contributed by atoms with Crippen molar-refractivity contribution in [2.75, 3.05) is 0 Å². The molecule has 0 aliphatic carbocycles. The Balaban J connectivity index is 5.49. The molecule has 16 heavy (non-hydrogen) atoms. The Morgan fingerprint density at radius 2 is 0.688 bits per heavy atom. The Morgan fingerprint density at radius 3 is 0.812 bits per heavy atom.